The molecular weight excluding hydrogens is 214 g/mol. The van der Waals surface area contributed by atoms with Gasteiger partial charge in [0.2, 0.25) is 0 Å². The number of phenols is 1. The van der Waals surface area contributed by atoms with E-state index < -0.39 is 0 Å². The van der Waals surface area contributed by atoms with Crippen LogP contribution in [0.2, 0.25) is 0 Å². The number of rotatable bonds is 2. The Labute approximate surface area is 100 Å². The topological polar surface area (TPSA) is 55.5 Å². The van der Waals surface area contributed by atoms with Crippen molar-refractivity contribution in [1.82, 2.24) is 0 Å². The molecule has 0 aliphatic carbocycles. The molecule has 3 N–H and O–H groups in total. The van der Waals surface area contributed by atoms with Crippen molar-refractivity contribution >= 4 is 5.69 Å². The average Bonchev–Trinajstić information content (AvgIpc) is 2.29. The number of methoxy groups -OCH3 is 1. The molecule has 0 spiro atoms. The zero-order chi connectivity index (χ0) is 12.4. The summed E-state index contributed by atoms with van der Waals surface area (Å²) in [5, 5.41) is 9.92. The highest BCUT2D eigenvalue weighted by Crippen LogP contribution is 2.39. The van der Waals surface area contributed by atoms with Gasteiger partial charge in [0, 0.05) is 11.3 Å². The van der Waals surface area contributed by atoms with E-state index in [1.54, 1.807) is 25.3 Å². The van der Waals surface area contributed by atoms with Crippen molar-refractivity contribution in [3.8, 4) is 22.6 Å². The van der Waals surface area contributed by atoms with Crippen LogP contribution in [0.1, 0.15) is 5.56 Å². The standard InChI is InChI=1S/C14H15NO2/c1-9-6-7-13(17-2)10(8-9)14-11(15)4-3-5-12(14)16/h3-8,16H,15H2,1-2H3. The van der Waals surface area contributed by atoms with Gasteiger partial charge in [0.1, 0.15) is 11.5 Å². The second-order valence-corrected chi connectivity index (χ2v) is 3.95. The van der Waals surface area contributed by atoms with Crippen molar-refractivity contribution in [2.75, 3.05) is 12.8 Å². The van der Waals surface area contributed by atoms with E-state index in [4.69, 9.17) is 10.5 Å². The third kappa shape index (κ3) is 2.04. The summed E-state index contributed by atoms with van der Waals surface area (Å²) in [6.45, 7) is 1.99. The van der Waals surface area contributed by atoms with E-state index in [-0.39, 0.29) is 5.75 Å². The molecule has 0 unspecified atom stereocenters. The van der Waals surface area contributed by atoms with Gasteiger partial charge < -0.3 is 15.6 Å². The summed E-state index contributed by atoms with van der Waals surface area (Å²) in [6.07, 6.45) is 0. The van der Waals surface area contributed by atoms with Gasteiger partial charge >= 0.3 is 0 Å². The normalized spacial score (nSPS) is 10.2. The summed E-state index contributed by atoms with van der Waals surface area (Å²) in [4.78, 5) is 0. The van der Waals surface area contributed by atoms with Crippen LogP contribution in [-0.2, 0) is 0 Å². The maximum Gasteiger partial charge on any atom is 0.126 e. The van der Waals surface area contributed by atoms with Gasteiger partial charge in [-0.15, -0.1) is 0 Å². The lowest BCUT2D eigenvalue weighted by molar-refractivity contribution is 0.415. The molecule has 0 saturated carbocycles. The van der Waals surface area contributed by atoms with Crippen molar-refractivity contribution in [2.45, 2.75) is 6.92 Å². The number of hydrogen-bond acceptors (Lipinski definition) is 3. The highest BCUT2D eigenvalue weighted by molar-refractivity contribution is 5.85. The zero-order valence-electron chi connectivity index (χ0n) is 9.90. The number of aryl methyl sites for hydroxylation is 1. The maximum atomic E-state index is 9.92. The number of benzene rings is 2. The third-order valence-electron chi connectivity index (χ3n) is 2.70. The van der Waals surface area contributed by atoms with Crippen molar-refractivity contribution in [3.05, 3.63) is 42.0 Å². The molecule has 0 aliphatic rings. The predicted molar refractivity (Wildman–Crippen MR) is 69.2 cm³/mol. The largest absolute Gasteiger partial charge is 0.507 e. The van der Waals surface area contributed by atoms with Gasteiger partial charge in [0.25, 0.3) is 0 Å². The Morgan fingerprint density at radius 3 is 2.59 bits per heavy atom. The lowest BCUT2D eigenvalue weighted by atomic mass is 10.00. The fourth-order valence-corrected chi connectivity index (χ4v) is 1.87. The molecule has 0 fully saturated rings. The van der Waals surface area contributed by atoms with Crippen LogP contribution >= 0.6 is 0 Å². The van der Waals surface area contributed by atoms with Crippen molar-refractivity contribution in [3.63, 3.8) is 0 Å². The van der Waals surface area contributed by atoms with Gasteiger partial charge in [-0.05, 0) is 31.2 Å². The summed E-state index contributed by atoms with van der Waals surface area (Å²) in [5.41, 5.74) is 8.96. The Balaban J connectivity index is 2.71. The van der Waals surface area contributed by atoms with E-state index in [0.717, 1.165) is 11.1 Å². The highest BCUT2D eigenvalue weighted by Gasteiger charge is 2.13. The molecule has 0 saturated heterocycles. The predicted octanol–water partition coefficient (Wildman–Crippen LogP) is 2.96. The van der Waals surface area contributed by atoms with Crippen LogP contribution in [-0.4, -0.2) is 12.2 Å². The van der Waals surface area contributed by atoms with Crippen molar-refractivity contribution < 1.29 is 9.84 Å². The molecular formula is C14H15NO2. The molecule has 0 bridgehead atoms. The number of nitrogen functional groups attached to an aromatic ring is 1. The Bertz CT molecular complexity index is 530. The third-order valence-corrected chi connectivity index (χ3v) is 2.70. The van der Waals surface area contributed by atoms with Gasteiger partial charge in [-0.1, -0.05) is 17.7 Å². The van der Waals surface area contributed by atoms with Crippen LogP contribution in [0.5, 0.6) is 11.5 Å². The van der Waals surface area contributed by atoms with Crippen molar-refractivity contribution in [2.24, 2.45) is 0 Å². The molecule has 0 radical (unpaired) electrons. The molecule has 17 heavy (non-hydrogen) atoms. The Hall–Kier alpha value is -2.16. The van der Waals surface area contributed by atoms with Gasteiger partial charge in [-0.25, -0.2) is 0 Å². The lowest BCUT2D eigenvalue weighted by Gasteiger charge is -2.13. The molecule has 0 atom stereocenters. The summed E-state index contributed by atoms with van der Waals surface area (Å²) >= 11 is 0. The molecule has 0 heterocycles. The van der Waals surface area contributed by atoms with E-state index in [2.05, 4.69) is 0 Å². The second kappa shape index (κ2) is 4.37. The maximum absolute atomic E-state index is 9.92. The molecule has 3 heteroatoms. The first-order valence-electron chi connectivity index (χ1n) is 5.36. The van der Waals surface area contributed by atoms with Crippen LogP contribution in [0.25, 0.3) is 11.1 Å². The van der Waals surface area contributed by atoms with E-state index in [1.807, 2.05) is 25.1 Å². The zero-order valence-corrected chi connectivity index (χ0v) is 9.90. The first kappa shape index (κ1) is 11.3. The average molecular weight is 229 g/mol. The molecule has 2 aromatic carbocycles. The van der Waals surface area contributed by atoms with Crippen LogP contribution < -0.4 is 10.5 Å². The van der Waals surface area contributed by atoms with Crippen LogP contribution in [0.3, 0.4) is 0 Å². The molecule has 2 rings (SSSR count). The molecule has 0 aromatic heterocycles. The van der Waals surface area contributed by atoms with Crippen LogP contribution in [0.4, 0.5) is 5.69 Å². The van der Waals surface area contributed by atoms with Gasteiger partial charge in [-0.3, -0.25) is 0 Å². The number of hydrogen-bond donors (Lipinski definition) is 2. The molecule has 0 aliphatic heterocycles. The minimum absolute atomic E-state index is 0.161. The molecule has 2 aromatic rings. The minimum Gasteiger partial charge on any atom is -0.507 e. The van der Waals surface area contributed by atoms with Crippen LogP contribution in [0, 0.1) is 6.92 Å². The number of nitrogens with two attached hydrogens (primary N) is 1. The molecule has 3 nitrogen and oxygen atoms in total. The van der Waals surface area contributed by atoms with Gasteiger partial charge in [0.15, 0.2) is 0 Å². The SMILES string of the molecule is COc1ccc(C)cc1-c1c(N)cccc1O. The van der Waals surface area contributed by atoms with Crippen LogP contribution in [0.15, 0.2) is 36.4 Å². The highest BCUT2D eigenvalue weighted by atomic mass is 16.5. The summed E-state index contributed by atoms with van der Waals surface area (Å²) < 4.78 is 5.30. The first-order chi connectivity index (χ1) is 8.13. The fourth-order valence-electron chi connectivity index (χ4n) is 1.87. The second-order valence-electron chi connectivity index (χ2n) is 3.95. The fraction of sp³-hybridized carbons (Fsp3) is 0.143. The smallest absolute Gasteiger partial charge is 0.126 e. The van der Waals surface area contributed by atoms with E-state index in [1.165, 1.54) is 0 Å². The number of ether oxygens (including phenoxy) is 1. The van der Waals surface area contributed by atoms with Gasteiger partial charge in [-0.2, -0.15) is 0 Å². The quantitative estimate of drug-likeness (QED) is 0.778. The van der Waals surface area contributed by atoms with E-state index in [9.17, 15) is 5.11 Å². The lowest BCUT2D eigenvalue weighted by Crippen LogP contribution is -1.94. The Kier molecular flexibility index (Phi) is 2.91. The van der Waals surface area contributed by atoms with E-state index in [0.29, 0.717) is 17.0 Å². The Morgan fingerprint density at radius 1 is 1.18 bits per heavy atom. The monoisotopic (exact) mass is 229 g/mol. The number of phenolic OH excluding ortho intramolecular Hbond substituents is 1. The first-order valence-corrected chi connectivity index (χ1v) is 5.36. The Morgan fingerprint density at radius 2 is 1.94 bits per heavy atom. The summed E-state index contributed by atoms with van der Waals surface area (Å²) in [7, 11) is 1.60. The van der Waals surface area contributed by atoms with E-state index >= 15 is 0 Å². The number of anilines is 1. The summed E-state index contributed by atoms with van der Waals surface area (Å²) in [5.74, 6) is 0.859. The van der Waals surface area contributed by atoms with Gasteiger partial charge in [0.05, 0.1) is 12.7 Å². The van der Waals surface area contributed by atoms with Crippen molar-refractivity contribution in [1.29, 1.82) is 0 Å². The minimum atomic E-state index is 0.161. The number of aromatic hydroxyl groups is 1. The molecule has 88 valence electrons. The summed E-state index contributed by atoms with van der Waals surface area (Å²) in [6, 6.07) is 10.9. The molecule has 0 amide bonds.